The van der Waals surface area contributed by atoms with E-state index in [4.69, 9.17) is 4.42 Å². The van der Waals surface area contributed by atoms with Gasteiger partial charge in [-0.2, -0.15) is 0 Å². The number of amides is 1. The van der Waals surface area contributed by atoms with Gasteiger partial charge in [0.15, 0.2) is 0 Å². The highest BCUT2D eigenvalue weighted by Gasteiger charge is 2.11. The molecule has 4 rings (SSSR count). The molecular weight excluding hydrogens is 533 g/mol. The quantitative estimate of drug-likeness (QED) is 0.251. The number of benzene rings is 3. The van der Waals surface area contributed by atoms with Gasteiger partial charge in [-0.25, -0.2) is 4.79 Å². The monoisotopic (exact) mass is 545 g/mol. The van der Waals surface area contributed by atoms with Gasteiger partial charge in [-0.1, -0.05) is 46.3 Å². The van der Waals surface area contributed by atoms with Gasteiger partial charge in [0.2, 0.25) is 0 Å². The molecule has 0 aliphatic heterocycles. The molecule has 1 aromatic heterocycles. The van der Waals surface area contributed by atoms with Crippen LogP contribution in [0.4, 0.5) is 5.69 Å². The van der Waals surface area contributed by atoms with Crippen molar-refractivity contribution in [2.45, 2.75) is 0 Å². The average Bonchev–Trinajstić information content (AvgIpc) is 2.69. The molecule has 0 unspecified atom stereocenters. The Kier molecular flexibility index (Phi) is 5.32. The molecule has 0 bridgehead atoms. The van der Waals surface area contributed by atoms with Crippen LogP contribution in [0.5, 0.6) is 0 Å². The molecule has 4 aromatic rings. The van der Waals surface area contributed by atoms with Crippen molar-refractivity contribution in [3.05, 3.63) is 96.8 Å². The molecule has 3 aromatic carbocycles. The summed E-state index contributed by atoms with van der Waals surface area (Å²) < 4.78 is 7.28. The summed E-state index contributed by atoms with van der Waals surface area (Å²) in [5.74, 6) is -0.211. The predicted octanol–water partition coefficient (Wildman–Crippen LogP) is 6.08. The molecule has 4 nitrogen and oxygen atoms in total. The highest BCUT2D eigenvalue weighted by Crippen LogP contribution is 2.24. The number of halogens is 2. The molecule has 6 heteroatoms. The van der Waals surface area contributed by atoms with E-state index in [0.29, 0.717) is 22.3 Å². The van der Waals surface area contributed by atoms with Crippen molar-refractivity contribution in [2.75, 3.05) is 5.32 Å². The number of anilines is 1. The second kappa shape index (κ2) is 7.89. The number of hydrogen-bond acceptors (Lipinski definition) is 3. The molecule has 0 radical (unpaired) electrons. The van der Waals surface area contributed by atoms with Crippen LogP contribution in [0.2, 0.25) is 0 Å². The van der Waals surface area contributed by atoms with Crippen LogP contribution in [0.1, 0.15) is 10.4 Å². The number of carbonyl (C=O) groups is 1. The van der Waals surface area contributed by atoms with Crippen LogP contribution in [0.15, 0.2) is 86.5 Å². The first kappa shape index (κ1) is 18.9. The minimum atomic E-state index is -0.402. The molecule has 0 aliphatic rings. The lowest BCUT2D eigenvalue weighted by molar-refractivity contribution is 0.102. The van der Waals surface area contributed by atoms with Gasteiger partial charge < -0.3 is 9.73 Å². The summed E-state index contributed by atoms with van der Waals surface area (Å²) in [4.78, 5) is 24.8. The first-order valence-corrected chi connectivity index (χ1v) is 10.3. The van der Waals surface area contributed by atoms with Crippen molar-refractivity contribution < 1.29 is 9.21 Å². The maximum Gasteiger partial charge on any atom is 0.344 e. The lowest BCUT2D eigenvalue weighted by atomic mass is 10.0. The SMILES string of the molecule is O=C(Nc1ccc(Br)cc1I)c1ccc(-c2cc3ccccc3oc2=O)cc1. The lowest BCUT2D eigenvalue weighted by Gasteiger charge is -2.09. The largest absolute Gasteiger partial charge is 0.422 e. The van der Waals surface area contributed by atoms with Crippen molar-refractivity contribution in [1.82, 2.24) is 0 Å². The van der Waals surface area contributed by atoms with Crippen LogP contribution in [-0.4, -0.2) is 5.91 Å². The van der Waals surface area contributed by atoms with E-state index in [1.807, 2.05) is 36.4 Å². The van der Waals surface area contributed by atoms with Crippen LogP contribution < -0.4 is 10.9 Å². The van der Waals surface area contributed by atoms with Gasteiger partial charge in [0, 0.05) is 19.0 Å². The molecule has 1 heterocycles. The van der Waals surface area contributed by atoms with Crippen molar-refractivity contribution in [3.8, 4) is 11.1 Å². The fourth-order valence-corrected chi connectivity index (χ4v) is 4.29. The van der Waals surface area contributed by atoms with Crippen LogP contribution in [0, 0.1) is 3.57 Å². The predicted molar refractivity (Wildman–Crippen MR) is 123 cm³/mol. The van der Waals surface area contributed by atoms with Gasteiger partial charge in [-0.15, -0.1) is 0 Å². The van der Waals surface area contributed by atoms with Crippen LogP contribution in [-0.2, 0) is 0 Å². The Hall–Kier alpha value is -2.45. The van der Waals surface area contributed by atoms with Gasteiger partial charge in [0.25, 0.3) is 5.91 Å². The molecule has 0 spiro atoms. The molecular formula is C22H13BrINO3. The topological polar surface area (TPSA) is 59.3 Å². The molecule has 28 heavy (non-hydrogen) atoms. The normalized spacial score (nSPS) is 10.8. The van der Waals surface area contributed by atoms with E-state index >= 15 is 0 Å². The van der Waals surface area contributed by atoms with Gasteiger partial charge in [-0.05, 0) is 70.6 Å². The molecule has 1 N–H and O–H groups in total. The molecule has 1 amide bonds. The Morgan fingerprint density at radius 1 is 0.964 bits per heavy atom. The third-order valence-corrected chi connectivity index (χ3v) is 5.66. The Morgan fingerprint density at radius 2 is 1.71 bits per heavy atom. The zero-order valence-electron chi connectivity index (χ0n) is 14.4. The molecule has 0 atom stereocenters. The number of para-hydroxylation sites is 1. The summed E-state index contributed by atoms with van der Waals surface area (Å²) in [6, 6.07) is 21.7. The van der Waals surface area contributed by atoms with Gasteiger partial charge in [0.05, 0.1) is 11.3 Å². The molecule has 0 aliphatic carbocycles. The highest BCUT2D eigenvalue weighted by atomic mass is 127. The zero-order chi connectivity index (χ0) is 19.7. The maximum atomic E-state index is 12.5. The van der Waals surface area contributed by atoms with Crippen molar-refractivity contribution in [2.24, 2.45) is 0 Å². The number of fused-ring (bicyclic) bond motifs is 1. The van der Waals surface area contributed by atoms with Crippen LogP contribution in [0.25, 0.3) is 22.1 Å². The van der Waals surface area contributed by atoms with E-state index < -0.39 is 5.63 Å². The van der Waals surface area contributed by atoms with Gasteiger partial charge >= 0.3 is 5.63 Å². The number of hydrogen-bond donors (Lipinski definition) is 1. The smallest absolute Gasteiger partial charge is 0.344 e. The summed E-state index contributed by atoms with van der Waals surface area (Å²) in [6.07, 6.45) is 0. The van der Waals surface area contributed by atoms with Crippen molar-refractivity contribution in [3.63, 3.8) is 0 Å². The third-order valence-electron chi connectivity index (χ3n) is 4.28. The summed E-state index contributed by atoms with van der Waals surface area (Å²) >= 11 is 5.58. The lowest BCUT2D eigenvalue weighted by Crippen LogP contribution is -2.12. The highest BCUT2D eigenvalue weighted by molar-refractivity contribution is 14.1. The van der Waals surface area contributed by atoms with E-state index in [2.05, 4.69) is 43.8 Å². The second-order valence-electron chi connectivity index (χ2n) is 6.14. The fraction of sp³-hybridized carbons (Fsp3) is 0. The second-order valence-corrected chi connectivity index (χ2v) is 8.22. The standard InChI is InChI=1S/C22H13BrINO3/c23-16-9-10-19(18(24)12-16)25-21(26)14-7-5-13(6-8-14)17-11-15-3-1-2-4-20(15)28-22(17)27/h1-12H,(H,25,26). The fourth-order valence-electron chi connectivity index (χ4n) is 2.85. The van der Waals surface area contributed by atoms with Gasteiger partial charge in [-0.3, -0.25) is 4.79 Å². The Balaban J connectivity index is 1.61. The first-order chi connectivity index (χ1) is 13.5. The van der Waals surface area contributed by atoms with E-state index in [0.717, 1.165) is 19.1 Å². The summed E-state index contributed by atoms with van der Waals surface area (Å²) in [7, 11) is 0. The third kappa shape index (κ3) is 3.88. The average molecular weight is 546 g/mol. The number of nitrogens with one attached hydrogen (secondary N) is 1. The summed E-state index contributed by atoms with van der Waals surface area (Å²) in [6.45, 7) is 0. The minimum Gasteiger partial charge on any atom is -0.422 e. The number of rotatable bonds is 3. The first-order valence-electron chi connectivity index (χ1n) is 8.41. The van der Waals surface area contributed by atoms with Crippen molar-refractivity contribution >= 4 is 61.1 Å². The van der Waals surface area contributed by atoms with Gasteiger partial charge in [0.1, 0.15) is 5.58 Å². The van der Waals surface area contributed by atoms with E-state index in [9.17, 15) is 9.59 Å². The number of carbonyl (C=O) groups excluding carboxylic acids is 1. The summed E-state index contributed by atoms with van der Waals surface area (Å²) in [5.41, 5.74) is 2.57. The minimum absolute atomic E-state index is 0.211. The molecule has 138 valence electrons. The zero-order valence-corrected chi connectivity index (χ0v) is 18.2. The molecule has 0 fully saturated rings. The molecule has 0 saturated carbocycles. The van der Waals surface area contributed by atoms with E-state index in [-0.39, 0.29) is 5.91 Å². The Morgan fingerprint density at radius 3 is 2.46 bits per heavy atom. The maximum absolute atomic E-state index is 12.5. The van der Waals surface area contributed by atoms with E-state index in [1.54, 1.807) is 36.4 Å². The Bertz CT molecular complexity index is 1250. The van der Waals surface area contributed by atoms with Crippen LogP contribution in [0.3, 0.4) is 0 Å². The molecule has 0 saturated heterocycles. The Labute approximate surface area is 182 Å². The van der Waals surface area contributed by atoms with Crippen molar-refractivity contribution in [1.29, 1.82) is 0 Å². The summed E-state index contributed by atoms with van der Waals surface area (Å²) in [5, 5.41) is 3.75. The van der Waals surface area contributed by atoms with E-state index in [1.165, 1.54) is 0 Å². The van der Waals surface area contributed by atoms with Crippen LogP contribution >= 0.6 is 38.5 Å².